The van der Waals surface area contributed by atoms with Gasteiger partial charge in [-0.25, -0.2) is 0 Å². The zero-order valence-corrected chi connectivity index (χ0v) is 8.38. The van der Waals surface area contributed by atoms with Crippen molar-refractivity contribution in [3.05, 3.63) is 25.3 Å². The molecular weight excluding hydrogens is 162 g/mol. The molecule has 0 saturated heterocycles. The van der Waals surface area contributed by atoms with Crippen LogP contribution >= 0.6 is 0 Å². The summed E-state index contributed by atoms with van der Waals surface area (Å²) in [6.45, 7) is 6.72. The van der Waals surface area contributed by atoms with E-state index in [0.717, 1.165) is 19.3 Å². The Labute approximate surface area is 80.7 Å². The molecule has 1 fully saturated rings. The lowest BCUT2D eigenvalue weighted by Crippen LogP contribution is -2.36. The summed E-state index contributed by atoms with van der Waals surface area (Å²) in [5, 5.41) is 3.00. The lowest BCUT2D eigenvalue weighted by Gasteiger charge is -2.18. The van der Waals surface area contributed by atoms with E-state index in [1.807, 2.05) is 7.05 Å². The summed E-state index contributed by atoms with van der Waals surface area (Å²) >= 11 is 0. The van der Waals surface area contributed by atoms with Gasteiger partial charge in [0.1, 0.15) is 5.78 Å². The molecule has 74 valence electrons. The van der Waals surface area contributed by atoms with Gasteiger partial charge in [0.25, 0.3) is 0 Å². The highest BCUT2D eigenvalue weighted by Gasteiger charge is 2.19. The fraction of sp³-hybridized carbons (Fsp3) is 0.545. The number of ketones is 1. The fourth-order valence-electron chi connectivity index (χ4n) is 1.29. The molecule has 1 unspecified atom stereocenters. The molecular formula is C11H19NO. The van der Waals surface area contributed by atoms with E-state index in [2.05, 4.69) is 18.5 Å². The Kier molecular flexibility index (Phi) is 7.21. The van der Waals surface area contributed by atoms with E-state index in [0.29, 0.717) is 5.78 Å². The Bertz CT molecular complexity index is 169. The molecule has 0 aromatic carbocycles. The second-order valence-corrected chi connectivity index (χ2v) is 3.02. The molecule has 13 heavy (non-hydrogen) atoms. The first-order valence-electron chi connectivity index (χ1n) is 4.69. The van der Waals surface area contributed by atoms with Crippen LogP contribution in [0.25, 0.3) is 0 Å². The molecule has 0 aliphatic heterocycles. The van der Waals surface area contributed by atoms with Gasteiger partial charge in [-0.2, -0.15) is 0 Å². The van der Waals surface area contributed by atoms with E-state index in [4.69, 9.17) is 0 Å². The number of rotatable bonds is 2. The monoisotopic (exact) mass is 181 g/mol. The van der Waals surface area contributed by atoms with Crippen molar-refractivity contribution >= 4 is 5.78 Å². The van der Waals surface area contributed by atoms with Crippen molar-refractivity contribution in [1.82, 2.24) is 5.32 Å². The van der Waals surface area contributed by atoms with Gasteiger partial charge in [-0.05, 0) is 19.9 Å². The maximum absolute atomic E-state index is 11.0. The zero-order chi connectivity index (χ0) is 10.1. The van der Waals surface area contributed by atoms with Crippen LogP contribution in [-0.2, 0) is 4.79 Å². The average molecular weight is 181 g/mol. The van der Waals surface area contributed by atoms with Crippen LogP contribution in [0, 0.1) is 0 Å². The van der Waals surface area contributed by atoms with Gasteiger partial charge in [0.15, 0.2) is 0 Å². The third-order valence-corrected chi connectivity index (χ3v) is 2.07. The van der Waals surface area contributed by atoms with E-state index < -0.39 is 0 Å². The normalized spacial score (nSPS) is 21.3. The standard InChI is InChI=1S/C7H13NO.C4H6/c1-8-6-4-2-3-5-7(6)9;1-3-4-2/h6,8H,2-5H2,1H3;3-4H,1-2H2. The van der Waals surface area contributed by atoms with E-state index in [-0.39, 0.29) is 6.04 Å². The van der Waals surface area contributed by atoms with E-state index in [1.54, 1.807) is 12.2 Å². The number of nitrogens with one attached hydrogen (secondary N) is 1. The van der Waals surface area contributed by atoms with Gasteiger partial charge in [-0.3, -0.25) is 4.79 Å². The summed E-state index contributed by atoms with van der Waals surface area (Å²) in [5.74, 6) is 0.392. The van der Waals surface area contributed by atoms with Crippen LogP contribution in [0.15, 0.2) is 25.3 Å². The lowest BCUT2D eigenvalue weighted by molar-refractivity contribution is -0.122. The highest BCUT2D eigenvalue weighted by molar-refractivity contribution is 5.84. The first kappa shape index (κ1) is 12.1. The van der Waals surface area contributed by atoms with Gasteiger partial charge in [0.05, 0.1) is 6.04 Å². The van der Waals surface area contributed by atoms with Crippen molar-refractivity contribution in [2.24, 2.45) is 0 Å². The number of hydrogen-bond acceptors (Lipinski definition) is 2. The van der Waals surface area contributed by atoms with E-state index in [1.165, 1.54) is 6.42 Å². The Morgan fingerprint density at radius 3 is 2.31 bits per heavy atom. The van der Waals surface area contributed by atoms with Gasteiger partial charge >= 0.3 is 0 Å². The SMILES string of the molecule is C=CC=C.CNC1CCCCC1=O. The fourth-order valence-corrected chi connectivity index (χ4v) is 1.29. The third kappa shape index (κ3) is 5.36. The van der Waals surface area contributed by atoms with Crippen LogP contribution < -0.4 is 5.32 Å². The van der Waals surface area contributed by atoms with Gasteiger partial charge < -0.3 is 5.32 Å². The molecule has 0 spiro atoms. The predicted octanol–water partition coefficient (Wildman–Crippen LogP) is 2.08. The van der Waals surface area contributed by atoms with Gasteiger partial charge in [-0.1, -0.05) is 31.7 Å². The molecule has 0 aromatic rings. The molecule has 1 saturated carbocycles. The van der Waals surface area contributed by atoms with Crippen LogP contribution in [0.4, 0.5) is 0 Å². The summed E-state index contributed by atoms with van der Waals surface area (Å²) in [7, 11) is 1.86. The number of likely N-dealkylation sites (N-methyl/N-ethyl adjacent to an activating group) is 1. The van der Waals surface area contributed by atoms with Crippen molar-refractivity contribution in [3.63, 3.8) is 0 Å². The minimum atomic E-state index is 0.166. The highest BCUT2D eigenvalue weighted by atomic mass is 16.1. The van der Waals surface area contributed by atoms with Crippen molar-refractivity contribution in [3.8, 4) is 0 Å². The average Bonchev–Trinajstić information content (AvgIpc) is 2.19. The minimum Gasteiger partial charge on any atom is -0.311 e. The van der Waals surface area contributed by atoms with E-state index >= 15 is 0 Å². The number of carbonyl (C=O) groups is 1. The first-order chi connectivity index (χ1) is 6.26. The van der Waals surface area contributed by atoms with Crippen LogP contribution in [0.2, 0.25) is 0 Å². The Hall–Kier alpha value is -0.890. The quantitative estimate of drug-likeness (QED) is 0.661. The molecule has 0 radical (unpaired) electrons. The third-order valence-electron chi connectivity index (χ3n) is 2.07. The lowest BCUT2D eigenvalue weighted by atomic mass is 9.94. The second-order valence-electron chi connectivity index (χ2n) is 3.02. The molecule has 1 aliphatic rings. The maximum atomic E-state index is 11.0. The molecule has 0 aromatic heterocycles. The minimum absolute atomic E-state index is 0.166. The molecule has 1 aliphatic carbocycles. The molecule has 2 nitrogen and oxygen atoms in total. The summed E-state index contributed by atoms with van der Waals surface area (Å²) in [5.41, 5.74) is 0. The Balaban J connectivity index is 0.000000310. The Morgan fingerprint density at radius 2 is 2.00 bits per heavy atom. The van der Waals surface area contributed by atoms with Crippen molar-refractivity contribution < 1.29 is 4.79 Å². The van der Waals surface area contributed by atoms with Crippen molar-refractivity contribution in [1.29, 1.82) is 0 Å². The van der Waals surface area contributed by atoms with Crippen molar-refractivity contribution in [2.75, 3.05) is 7.05 Å². The number of Topliss-reactive ketones (excluding diaryl/α,β-unsaturated/α-hetero) is 1. The van der Waals surface area contributed by atoms with Crippen LogP contribution in [-0.4, -0.2) is 18.9 Å². The summed E-state index contributed by atoms with van der Waals surface area (Å²) in [4.78, 5) is 11.0. The molecule has 0 amide bonds. The molecule has 0 bridgehead atoms. The smallest absolute Gasteiger partial charge is 0.149 e. The van der Waals surface area contributed by atoms with Gasteiger partial charge in [0.2, 0.25) is 0 Å². The van der Waals surface area contributed by atoms with Crippen LogP contribution in [0.1, 0.15) is 25.7 Å². The largest absolute Gasteiger partial charge is 0.311 e. The zero-order valence-electron chi connectivity index (χ0n) is 8.38. The maximum Gasteiger partial charge on any atom is 0.149 e. The topological polar surface area (TPSA) is 29.1 Å². The second kappa shape index (κ2) is 7.74. The molecule has 1 rings (SSSR count). The molecule has 2 heteroatoms. The molecule has 0 heterocycles. The van der Waals surface area contributed by atoms with Crippen LogP contribution in [0.5, 0.6) is 0 Å². The first-order valence-corrected chi connectivity index (χ1v) is 4.69. The van der Waals surface area contributed by atoms with Gasteiger partial charge in [-0.15, -0.1) is 0 Å². The summed E-state index contributed by atoms with van der Waals surface area (Å²) < 4.78 is 0. The highest BCUT2D eigenvalue weighted by Crippen LogP contribution is 2.13. The van der Waals surface area contributed by atoms with Crippen molar-refractivity contribution in [2.45, 2.75) is 31.7 Å². The van der Waals surface area contributed by atoms with Crippen LogP contribution in [0.3, 0.4) is 0 Å². The summed E-state index contributed by atoms with van der Waals surface area (Å²) in [6, 6.07) is 0.166. The number of carbonyl (C=O) groups excluding carboxylic acids is 1. The summed E-state index contributed by atoms with van der Waals surface area (Å²) in [6.07, 6.45) is 7.40. The number of hydrogen-bond donors (Lipinski definition) is 1. The van der Waals surface area contributed by atoms with Gasteiger partial charge in [0, 0.05) is 6.42 Å². The molecule has 1 atom stereocenters. The number of allylic oxidation sites excluding steroid dienone is 2. The predicted molar refractivity (Wildman–Crippen MR) is 56.7 cm³/mol. The molecule has 1 N–H and O–H groups in total. The Morgan fingerprint density at radius 1 is 1.38 bits per heavy atom. The van der Waals surface area contributed by atoms with E-state index in [9.17, 15) is 4.79 Å².